The van der Waals surface area contributed by atoms with E-state index in [4.69, 9.17) is 5.73 Å². The van der Waals surface area contributed by atoms with Crippen molar-refractivity contribution in [2.24, 2.45) is 11.1 Å². The summed E-state index contributed by atoms with van der Waals surface area (Å²) >= 11 is 3.37. The molecule has 1 saturated carbocycles. The Hall–Kier alpha value is -0.410. The molecule has 0 saturated heterocycles. The Bertz CT molecular complexity index is 374. The summed E-state index contributed by atoms with van der Waals surface area (Å²) in [5, 5.41) is 0. The van der Waals surface area contributed by atoms with Crippen LogP contribution in [0.25, 0.3) is 0 Å². The van der Waals surface area contributed by atoms with E-state index in [0.717, 1.165) is 16.5 Å². The third-order valence-corrected chi connectivity index (χ3v) is 4.13. The van der Waals surface area contributed by atoms with Crippen LogP contribution in [0.1, 0.15) is 25.3 Å². The highest BCUT2D eigenvalue weighted by Gasteiger charge is 2.42. The van der Waals surface area contributed by atoms with Crippen LogP contribution in [0.5, 0.6) is 0 Å². The van der Waals surface area contributed by atoms with Crippen LogP contribution < -0.4 is 5.73 Å². The Labute approximate surface area is 98.0 Å². The van der Waals surface area contributed by atoms with Crippen molar-refractivity contribution in [3.8, 4) is 0 Å². The van der Waals surface area contributed by atoms with Gasteiger partial charge in [-0.2, -0.15) is 0 Å². The Balaban J connectivity index is 2.10. The zero-order valence-electron chi connectivity index (χ0n) is 8.76. The first-order valence-electron chi connectivity index (χ1n) is 5.21. The molecule has 0 heterocycles. The number of hydrogen-bond acceptors (Lipinski definition) is 1. The van der Waals surface area contributed by atoms with Crippen molar-refractivity contribution in [2.75, 3.05) is 0 Å². The summed E-state index contributed by atoms with van der Waals surface area (Å²) in [6, 6.07) is 4.98. The minimum atomic E-state index is -0.211. The first kappa shape index (κ1) is 11.1. The van der Waals surface area contributed by atoms with Gasteiger partial charge in [0.25, 0.3) is 0 Å². The molecule has 1 aliphatic rings. The predicted octanol–water partition coefficient (Wildman–Crippen LogP) is 3.26. The number of nitrogens with two attached hydrogens (primary N) is 1. The monoisotopic (exact) mass is 271 g/mol. The molecule has 82 valence electrons. The molecule has 0 aromatic heterocycles. The molecule has 1 unspecified atom stereocenters. The van der Waals surface area contributed by atoms with E-state index in [1.807, 2.05) is 6.07 Å². The number of benzene rings is 1. The minimum absolute atomic E-state index is 0.180. The van der Waals surface area contributed by atoms with Gasteiger partial charge in [-0.05, 0) is 42.4 Å². The fourth-order valence-electron chi connectivity index (χ4n) is 1.74. The van der Waals surface area contributed by atoms with Crippen molar-refractivity contribution < 1.29 is 4.39 Å². The molecule has 1 aromatic carbocycles. The van der Waals surface area contributed by atoms with Crippen molar-refractivity contribution in [2.45, 2.75) is 32.2 Å². The lowest BCUT2D eigenvalue weighted by Crippen LogP contribution is -2.31. The smallest absolute Gasteiger partial charge is 0.124 e. The summed E-state index contributed by atoms with van der Waals surface area (Å²) in [7, 11) is 0. The quantitative estimate of drug-likeness (QED) is 0.898. The molecule has 0 bridgehead atoms. The maximum Gasteiger partial charge on any atom is 0.124 e. The third kappa shape index (κ3) is 2.40. The van der Waals surface area contributed by atoms with Crippen LogP contribution >= 0.6 is 15.9 Å². The standard InChI is InChI=1S/C12H15BrFN/c1-12(4-5-12)11(15)6-8-2-3-9(14)7-10(8)13/h2-3,7,11H,4-6,15H2,1H3. The summed E-state index contributed by atoms with van der Waals surface area (Å²) < 4.78 is 13.7. The summed E-state index contributed by atoms with van der Waals surface area (Å²) in [6.07, 6.45) is 3.25. The first-order chi connectivity index (χ1) is 7.01. The van der Waals surface area contributed by atoms with Gasteiger partial charge in [-0.1, -0.05) is 28.9 Å². The largest absolute Gasteiger partial charge is 0.327 e. The summed E-state index contributed by atoms with van der Waals surface area (Å²) in [4.78, 5) is 0. The van der Waals surface area contributed by atoms with Gasteiger partial charge in [-0.25, -0.2) is 4.39 Å². The van der Waals surface area contributed by atoms with Crippen LogP contribution in [-0.4, -0.2) is 6.04 Å². The zero-order valence-corrected chi connectivity index (χ0v) is 10.3. The van der Waals surface area contributed by atoms with Gasteiger partial charge < -0.3 is 5.73 Å². The molecule has 2 N–H and O–H groups in total. The molecule has 1 nitrogen and oxygen atoms in total. The van der Waals surface area contributed by atoms with Gasteiger partial charge in [0.15, 0.2) is 0 Å². The molecule has 3 heteroatoms. The molecular formula is C12H15BrFN. The van der Waals surface area contributed by atoms with Crippen LogP contribution in [-0.2, 0) is 6.42 Å². The van der Waals surface area contributed by atoms with Crippen molar-refractivity contribution in [3.63, 3.8) is 0 Å². The minimum Gasteiger partial charge on any atom is -0.327 e. The second-order valence-corrected chi connectivity index (χ2v) is 5.55. The van der Waals surface area contributed by atoms with Crippen molar-refractivity contribution in [3.05, 3.63) is 34.1 Å². The van der Waals surface area contributed by atoms with Crippen molar-refractivity contribution >= 4 is 15.9 Å². The number of halogens is 2. The van der Waals surface area contributed by atoms with E-state index in [1.165, 1.54) is 25.0 Å². The topological polar surface area (TPSA) is 26.0 Å². The fraction of sp³-hybridized carbons (Fsp3) is 0.500. The molecule has 0 spiro atoms. The van der Waals surface area contributed by atoms with E-state index in [9.17, 15) is 4.39 Å². The van der Waals surface area contributed by atoms with E-state index in [2.05, 4.69) is 22.9 Å². The summed E-state index contributed by atoms with van der Waals surface area (Å²) in [5.41, 5.74) is 7.55. The molecule has 1 fully saturated rings. The second kappa shape index (κ2) is 3.87. The normalized spacial score (nSPS) is 20.0. The van der Waals surface area contributed by atoms with E-state index in [1.54, 1.807) is 0 Å². The number of rotatable bonds is 3. The van der Waals surface area contributed by atoms with Gasteiger partial charge in [-0.15, -0.1) is 0 Å². The lowest BCUT2D eigenvalue weighted by atomic mass is 9.93. The van der Waals surface area contributed by atoms with Crippen LogP contribution in [0.2, 0.25) is 0 Å². The van der Waals surface area contributed by atoms with Gasteiger partial charge in [-0.3, -0.25) is 0 Å². The fourth-order valence-corrected chi connectivity index (χ4v) is 2.25. The molecule has 1 aliphatic carbocycles. The molecule has 0 amide bonds. The van der Waals surface area contributed by atoms with Gasteiger partial charge >= 0.3 is 0 Å². The maximum absolute atomic E-state index is 12.9. The highest BCUT2D eigenvalue weighted by atomic mass is 79.9. The van der Waals surface area contributed by atoms with Gasteiger partial charge in [0.05, 0.1) is 0 Å². The highest BCUT2D eigenvalue weighted by molar-refractivity contribution is 9.10. The van der Waals surface area contributed by atoms with Gasteiger partial charge in [0.2, 0.25) is 0 Å². The lowest BCUT2D eigenvalue weighted by molar-refractivity contribution is 0.432. The summed E-state index contributed by atoms with van der Waals surface area (Å²) in [5.74, 6) is -0.211. The Kier molecular flexibility index (Phi) is 2.86. The Morgan fingerprint density at radius 3 is 2.73 bits per heavy atom. The third-order valence-electron chi connectivity index (χ3n) is 3.39. The van der Waals surface area contributed by atoms with E-state index >= 15 is 0 Å². The average molecular weight is 272 g/mol. The van der Waals surface area contributed by atoms with Crippen LogP contribution in [0.3, 0.4) is 0 Å². The van der Waals surface area contributed by atoms with Crippen LogP contribution in [0, 0.1) is 11.2 Å². The molecule has 1 atom stereocenters. The van der Waals surface area contributed by atoms with E-state index in [-0.39, 0.29) is 11.9 Å². The molecule has 1 aromatic rings. The zero-order chi connectivity index (χ0) is 11.1. The first-order valence-corrected chi connectivity index (χ1v) is 6.00. The SMILES string of the molecule is CC1(C(N)Cc2ccc(F)cc2Br)CC1. The highest BCUT2D eigenvalue weighted by Crippen LogP contribution is 2.48. The summed E-state index contributed by atoms with van der Waals surface area (Å²) in [6.45, 7) is 2.22. The van der Waals surface area contributed by atoms with Crippen molar-refractivity contribution in [1.29, 1.82) is 0 Å². The molecule has 0 radical (unpaired) electrons. The predicted molar refractivity (Wildman–Crippen MR) is 63.1 cm³/mol. The Morgan fingerprint density at radius 1 is 1.53 bits per heavy atom. The number of hydrogen-bond donors (Lipinski definition) is 1. The Morgan fingerprint density at radius 2 is 2.20 bits per heavy atom. The van der Waals surface area contributed by atoms with Gasteiger partial charge in [0.1, 0.15) is 5.82 Å². The van der Waals surface area contributed by atoms with Crippen molar-refractivity contribution in [1.82, 2.24) is 0 Å². The average Bonchev–Trinajstić information content (AvgIpc) is 2.90. The molecular weight excluding hydrogens is 257 g/mol. The molecule has 2 rings (SSSR count). The van der Waals surface area contributed by atoms with Gasteiger partial charge in [0, 0.05) is 10.5 Å². The van der Waals surface area contributed by atoms with E-state index < -0.39 is 0 Å². The molecule has 15 heavy (non-hydrogen) atoms. The lowest BCUT2D eigenvalue weighted by Gasteiger charge is -2.19. The van der Waals surface area contributed by atoms with Crippen LogP contribution in [0.15, 0.2) is 22.7 Å². The maximum atomic E-state index is 12.9. The second-order valence-electron chi connectivity index (χ2n) is 4.70. The van der Waals surface area contributed by atoms with E-state index in [0.29, 0.717) is 5.41 Å². The molecule has 0 aliphatic heterocycles. The van der Waals surface area contributed by atoms with Crippen LogP contribution in [0.4, 0.5) is 4.39 Å².